The Kier molecular flexibility index (Phi) is 4.17. The van der Waals surface area contributed by atoms with Gasteiger partial charge in [0, 0.05) is 18.7 Å². The van der Waals surface area contributed by atoms with Crippen LogP contribution in [-0.4, -0.2) is 46.8 Å². The predicted molar refractivity (Wildman–Crippen MR) is 77.9 cm³/mol. The topological polar surface area (TPSA) is 71.1 Å². The maximum Gasteiger partial charge on any atom is 0.153 e. The lowest BCUT2D eigenvalue weighted by Gasteiger charge is -2.50. The van der Waals surface area contributed by atoms with E-state index in [-0.39, 0.29) is 5.60 Å². The summed E-state index contributed by atoms with van der Waals surface area (Å²) >= 11 is 0. The highest BCUT2D eigenvalue weighted by Gasteiger charge is 2.45. The zero-order valence-electron chi connectivity index (χ0n) is 12.3. The monoisotopic (exact) mass is 281 g/mol. The lowest BCUT2D eigenvalue weighted by molar-refractivity contribution is -0.150. The van der Waals surface area contributed by atoms with Gasteiger partial charge >= 0.3 is 0 Å². The fraction of sp³-hybridized carbons (Fsp3) is 0.933. The molecular weight excluding hydrogens is 254 g/mol. The third-order valence-electron chi connectivity index (χ3n) is 5.47. The third kappa shape index (κ3) is 2.79. The van der Waals surface area contributed by atoms with Crippen LogP contribution in [0.15, 0.2) is 5.16 Å². The average molecular weight is 281 g/mol. The van der Waals surface area contributed by atoms with E-state index in [1.54, 1.807) is 0 Å². The maximum absolute atomic E-state index is 8.90. The Labute approximate surface area is 121 Å². The molecule has 0 aromatic heterocycles. The molecule has 0 radical (unpaired) electrons. The van der Waals surface area contributed by atoms with Gasteiger partial charge in [-0.25, -0.2) is 0 Å². The molecule has 3 N–H and O–H groups in total. The highest BCUT2D eigenvalue weighted by Crippen LogP contribution is 2.44. The summed E-state index contributed by atoms with van der Waals surface area (Å²) in [6.45, 7) is 1.46. The van der Waals surface area contributed by atoms with E-state index in [1.807, 2.05) is 0 Å². The first kappa shape index (κ1) is 14.1. The zero-order valence-corrected chi connectivity index (χ0v) is 12.3. The Morgan fingerprint density at radius 1 is 1.20 bits per heavy atom. The molecule has 1 saturated heterocycles. The minimum atomic E-state index is 0.158. The van der Waals surface area contributed by atoms with Gasteiger partial charge in [0.05, 0.1) is 12.1 Å². The molecule has 1 spiro atoms. The summed E-state index contributed by atoms with van der Waals surface area (Å²) in [4.78, 5) is 2.50. The number of ether oxygens (including phenoxy) is 1. The molecule has 1 unspecified atom stereocenters. The molecule has 3 aliphatic rings. The summed E-state index contributed by atoms with van der Waals surface area (Å²) in [5.74, 6) is 0.339. The van der Waals surface area contributed by atoms with Gasteiger partial charge in [0.2, 0.25) is 0 Å². The van der Waals surface area contributed by atoms with Gasteiger partial charge in [0.25, 0.3) is 0 Å². The largest absolute Gasteiger partial charge is 0.409 e. The maximum atomic E-state index is 8.90. The predicted octanol–water partition coefficient (Wildman–Crippen LogP) is 2.08. The van der Waals surface area contributed by atoms with Crippen molar-refractivity contribution in [2.45, 2.75) is 75.5 Å². The van der Waals surface area contributed by atoms with Gasteiger partial charge in [0.15, 0.2) is 5.84 Å². The molecule has 1 aliphatic heterocycles. The van der Waals surface area contributed by atoms with Crippen molar-refractivity contribution in [1.82, 2.24) is 4.90 Å². The van der Waals surface area contributed by atoms with Crippen molar-refractivity contribution in [3.05, 3.63) is 0 Å². The fourth-order valence-corrected chi connectivity index (χ4v) is 4.22. The fourth-order valence-electron chi connectivity index (χ4n) is 4.22. The van der Waals surface area contributed by atoms with Gasteiger partial charge in [-0.1, -0.05) is 18.0 Å². The number of nitrogens with zero attached hydrogens (tertiary/aromatic N) is 2. The van der Waals surface area contributed by atoms with Crippen molar-refractivity contribution in [3.8, 4) is 0 Å². The summed E-state index contributed by atoms with van der Waals surface area (Å²) in [5.41, 5.74) is 5.95. The van der Waals surface area contributed by atoms with Gasteiger partial charge in [0.1, 0.15) is 0 Å². The molecule has 5 heteroatoms. The van der Waals surface area contributed by atoms with Crippen LogP contribution in [-0.2, 0) is 4.74 Å². The number of rotatable bonds is 4. The molecule has 2 saturated carbocycles. The van der Waals surface area contributed by atoms with E-state index in [1.165, 1.54) is 44.9 Å². The molecule has 5 nitrogen and oxygen atoms in total. The van der Waals surface area contributed by atoms with Gasteiger partial charge < -0.3 is 15.7 Å². The highest BCUT2D eigenvalue weighted by molar-refractivity contribution is 5.81. The lowest BCUT2D eigenvalue weighted by atomic mass is 9.73. The quantitative estimate of drug-likeness (QED) is 0.358. The Hall–Kier alpha value is -0.810. The molecule has 2 aliphatic carbocycles. The van der Waals surface area contributed by atoms with Crippen LogP contribution in [0.5, 0.6) is 0 Å². The van der Waals surface area contributed by atoms with Crippen molar-refractivity contribution < 1.29 is 9.94 Å². The van der Waals surface area contributed by atoms with Crippen molar-refractivity contribution in [2.75, 3.05) is 13.2 Å². The molecule has 114 valence electrons. The number of nitrogens with two attached hydrogens (primary N) is 1. The standard InChI is InChI=1S/C15H27N3O2/c16-14(17-19)11-18(12-4-1-2-5-12)13-6-9-20-15(10-13)7-3-8-15/h12-13,19H,1-11H2,(H2,16,17). The Morgan fingerprint density at radius 3 is 2.55 bits per heavy atom. The van der Waals surface area contributed by atoms with Crippen molar-refractivity contribution in [1.29, 1.82) is 0 Å². The average Bonchev–Trinajstić information content (AvgIpc) is 2.96. The Bertz CT molecular complexity index is 362. The van der Waals surface area contributed by atoms with Gasteiger partial charge in [-0.2, -0.15) is 0 Å². The molecule has 3 rings (SSSR count). The molecule has 1 heterocycles. The SMILES string of the molecule is NC(CN(C1CCCC1)C1CCOC2(CCC2)C1)=NO. The first-order valence-corrected chi connectivity index (χ1v) is 8.08. The van der Waals surface area contributed by atoms with Gasteiger partial charge in [-0.05, 0) is 44.9 Å². The molecule has 3 fully saturated rings. The van der Waals surface area contributed by atoms with Crippen molar-refractivity contribution in [3.63, 3.8) is 0 Å². The summed E-state index contributed by atoms with van der Waals surface area (Å²) in [6.07, 6.45) is 11.1. The Morgan fingerprint density at radius 2 is 1.95 bits per heavy atom. The summed E-state index contributed by atoms with van der Waals surface area (Å²) in [6, 6.07) is 1.14. The Balaban J connectivity index is 1.70. The van der Waals surface area contributed by atoms with Crippen LogP contribution < -0.4 is 5.73 Å². The molecule has 0 bridgehead atoms. The molecule has 0 aromatic carbocycles. The zero-order chi connectivity index (χ0) is 14.0. The summed E-state index contributed by atoms with van der Waals surface area (Å²) in [7, 11) is 0. The molecule has 0 amide bonds. The minimum Gasteiger partial charge on any atom is -0.409 e. The van der Waals surface area contributed by atoms with E-state index >= 15 is 0 Å². The van der Waals surface area contributed by atoms with E-state index in [2.05, 4.69) is 10.1 Å². The van der Waals surface area contributed by atoms with Crippen LogP contribution in [0.2, 0.25) is 0 Å². The first-order chi connectivity index (χ1) is 9.72. The molecule has 0 aromatic rings. The van der Waals surface area contributed by atoms with Crippen LogP contribution in [0.3, 0.4) is 0 Å². The number of oxime groups is 1. The van der Waals surface area contributed by atoms with E-state index < -0.39 is 0 Å². The van der Waals surface area contributed by atoms with Crippen LogP contribution in [0.1, 0.15) is 57.8 Å². The smallest absolute Gasteiger partial charge is 0.153 e. The first-order valence-electron chi connectivity index (χ1n) is 8.08. The van der Waals surface area contributed by atoms with Crippen molar-refractivity contribution >= 4 is 5.84 Å². The van der Waals surface area contributed by atoms with Crippen LogP contribution >= 0.6 is 0 Å². The second kappa shape index (κ2) is 5.90. The molecule has 1 atom stereocenters. The van der Waals surface area contributed by atoms with E-state index in [0.717, 1.165) is 19.4 Å². The number of hydrogen-bond donors (Lipinski definition) is 2. The van der Waals surface area contributed by atoms with Gasteiger partial charge in [-0.3, -0.25) is 4.90 Å². The van der Waals surface area contributed by atoms with E-state index in [4.69, 9.17) is 15.7 Å². The number of hydrogen-bond acceptors (Lipinski definition) is 4. The normalized spacial score (nSPS) is 30.9. The lowest BCUT2D eigenvalue weighted by Crippen LogP contribution is -2.55. The van der Waals surface area contributed by atoms with E-state index in [0.29, 0.717) is 24.5 Å². The van der Waals surface area contributed by atoms with Gasteiger partial charge in [-0.15, -0.1) is 0 Å². The van der Waals surface area contributed by atoms with Crippen LogP contribution in [0.25, 0.3) is 0 Å². The molecular formula is C15H27N3O2. The molecule has 20 heavy (non-hydrogen) atoms. The second-order valence-corrected chi connectivity index (χ2v) is 6.73. The van der Waals surface area contributed by atoms with E-state index in [9.17, 15) is 0 Å². The highest BCUT2D eigenvalue weighted by atomic mass is 16.5. The van der Waals surface area contributed by atoms with Crippen LogP contribution in [0, 0.1) is 0 Å². The summed E-state index contributed by atoms with van der Waals surface area (Å²) < 4.78 is 6.04. The second-order valence-electron chi connectivity index (χ2n) is 6.73. The van der Waals surface area contributed by atoms with Crippen molar-refractivity contribution in [2.24, 2.45) is 10.9 Å². The third-order valence-corrected chi connectivity index (χ3v) is 5.47. The summed E-state index contributed by atoms with van der Waals surface area (Å²) in [5, 5.41) is 12.1. The van der Waals surface area contributed by atoms with Crippen LogP contribution in [0.4, 0.5) is 0 Å². The number of amidine groups is 1. The minimum absolute atomic E-state index is 0.158.